The van der Waals surface area contributed by atoms with Gasteiger partial charge in [0.05, 0.1) is 6.61 Å². The first-order chi connectivity index (χ1) is 5.24. The van der Waals surface area contributed by atoms with Crippen molar-refractivity contribution in [1.29, 1.82) is 0 Å². The third kappa shape index (κ3) is 2.17. The quantitative estimate of drug-likeness (QED) is 0.440. The monoisotopic (exact) mass is 160 g/mol. The van der Waals surface area contributed by atoms with E-state index < -0.39 is 6.10 Å². The van der Waals surface area contributed by atoms with Gasteiger partial charge in [-0.25, -0.2) is 4.79 Å². The Labute approximate surface area is 65.4 Å². The molecule has 0 spiro atoms. The van der Waals surface area contributed by atoms with Crippen LogP contribution in [0.25, 0.3) is 0 Å². The van der Waals surface area contributed by atoms with Gasteiger partial charge in [-0.1, -0.05) is 0 Å². The number of ether oxygens (including phenoxy) is 3. The first kappa shape index (κ1) is 8.49. The first-order valence-corrected chi connectivity index (χ1v) is 3.59. The summed E-state index contributed by atoms with van der Waals surface area (Å²) >= 11 is 0. The van der Waals surface area contributed by atoms with Gasteiger partial charge in [0.15, 0.2) is 12.4 Å². The predicted octanol–water partition coefficient (Wildman–Crippen LogP) is 0.311. The Bertz CT molecular complexity index is 145. The van der Waals surface area contributed by atoms with Gasteiger partial charge in [0.25, 0.3) is 0 Å². The van der Waals surface area contributed by atoms with E-state index in [-0.39, 0.29) is 12.3 Å². The van der Waals surface area contributed by atoms with E-state index in [9.17, 15) is 4.79 Å². The molecule has 0 radical (unpaired) electrons. The molecule has 1 aliphatic heterocycles. The molecule has 1 fully saturated rings. The lowest BCUT2D eigenvalue weighted by atomic mass is 10.3. The Balaban J connectivity index is 2.30. The zero-order valence-corrected chi connectivity index (χ0v) is 6.70. The molecule has 2 atom stereocenters. The maximum absolute atomic E-state index is 10.8. The molecule has 1 saturated heterocycles. The number of rotatable bonds is 3. The van der Waals surface area contributed by atoms with Gasteiger partial charge in [0, 0.05) is 13.5 Å². The molecule has 64 valence electrons. The lowest BCUT2D eigenvalue weighted by Gasteiger charge is -2.13. The Morgan fingerprint density at radius 3 is 2.91 bits per heavy atom. The Hall–Kier alpha value is -0.610. The highest BCUT2D eigenvalue weighted by molar-refractivity contribution is 5.76. The summed E-state index contributed by atoms with van der Waals surface area (Å²) in [6.07, 6.45) is -0.136. The number of esters is 1. The molecule has 0 N–H and O–H groups in total. The summed E-state index contributed by atoms with van der Waals surface area (Å²) in [6.45, 7) is 2.20. The zero-order valence-electron chi connectivity index (χ0n) is 6.70. The van der Waals surface area contributed by atoms with Crippen molar-refractivity contribution in [3.8, 4) is 0 Å². The van der Waals surface area contributed by atoms with Crippen LogP contribution in [-0.4, -0.2) is 32.1 Å². The van der Waals surface area contributed by atoms with E-state index >= 15 is 0 Å². The lowest BCUT2D eigenvalue weighted by Crippen LogP contribution is -2.24. The van der Waals surface area contributed by atoms with Crippen LogP contribution in [0.5, 0.6) is 0 Å². The van der Waals surface area contributed by atoms with Crippen LogP contribution in [0, 0.1) is 0 Å². The second kappa shape index (κ2) is 3.69. The second-order valence-corrected chi connectivity index (χ2v) is 2.38. The SMILES string of the molecule is COC(C)OC1CCOC1=O. The second-order valence-electron chi connectivity index (χ2n) is 2.38. The average Bonchev–Trinajstić information content (AvgIpc) is 2.37. The smallest absolute Gasteiger partial charge is 0.335 e. The van der Waals surface area contributed by atoms with Gasteiger partial charge in [-0.2, -0.15) is 0 Å². The summed E-state index contributed by atoms with van der Waals surface area (Å²) in [5.41, 5.74) is 0. The third-order valence-electron chi connectivity index (χ3n) is 1.58. The molecule has 0 aromatic carbocycles. The molecule has 4 nitrogen and oxygen atoms in total. The van der Waals surface area contributed by atoms with Crippen molar-refractivity contribution in [3.63, 3.8) is 0 Å². The molecular formula is C7H12O4. The van der Waals surface area contributed by atoms with Gasteiger partial charge in [-0.3, -0.25) is 0 Å². The van der Waals surface area contributed by atoms with Crippen LogP contribution < -0.4 is 0 Å². The summed E-state index contributed by atoms with van der Waals surface area (Å²) < 4.78 is 14.7. The van der Waals surface area contributed by atoms with Crippen molar-refractivity contribution in [1.82, 2.24) is 0 Å². The third-order valence-corrected chi connectivity index (χ3v) is 1.58. The highest BCUT2D eigenvalue weighted by Gasteiger charge is 2.28. The Morgan fingerprint density at radius 1 is 1.73 bits per heavy atom. The Morgan fingerprint density at radius 2 is 2.45 bits per heavy atom. The number of hydrogen-bond donors (Lipinski definition) is 0. The topological polar surface area (TPSA) is 44.8 Å². The molecule has 0 amide bonds. The van der Waals surface area contributed by atoms with Crippen molar-refractivity contribution in [2.45, 2.75) is 25.7 Å². The minimum atomic E-state index is -0.426. The van der Waals surface area contributed by atoms with Gasteiger partial charge in [-0.05, 0) is 6.92 Å². The van der Waals surface area contributed by atoms with Crippen LogP contribution >= 0.6 is 0 Å². The lowest BCUT2D eigenvalue weighted by molar-refractivity contribution is -0.169. The molecule has 11 heavy (non-hydrogen) atoms. The summed E-state index contributed by atoms with van der Waals surface area (Å²) in [5.74, 6) is -0.283. The molecule has 0 bridgehead atoms. The van der Waals surface area contributed by atoms with Gasteiger partial charge in [0.1, 0.15) is 0 Å². The first-order valence-electron chi connectivity index (χ1n) is 3.59. The van der Waals surface area contributed by atoms with E-state index in [0.29, 0.717) is 13.0 Å². The van der Waals surface area contributed by atoms with Crippen molar-refractivity contribution >= 4 is 5.97 Å². The molecule has 1 aliphatic rings. The van der Waals surface area contributed by atoms with E-state index in [1.165, 1.54) is 7.11 Å². The van der Waals surface area contributed by atoms with E-state index in [2.05, 4.69) is 0 Å². The van der Waals surface area contributed by atoms with E-state index in [0.717, 1.165) is 0 Å². The van der Waals surface area contributed by atoms with Crippen LogP contribution in [0.3, 0.4) is 0 Å². The minimum Gasteiger partial charge on any atom is -0.464 e. The summed E-state index contributed by atoms with van der Waals surface area (Å²) in [6, 6.07) is 0. The summed E-state index contributed by atoms with van der Waals surface area (Å²) in [7, 11) is 1.53. The van der Waals surface area contributed by atoms with Crippen molar-refractivity contribution < 1.29 is 19.0 Å². The number of methoxy groups -OCH3 is 1. The standard InChI is InChI=1S/C7H12O4/c1-5(9-2)11-6-3-4-10-7(6)8/h5-6H,3-4H2,1-2H3. The fourth-order valence-corrected chi connectivity index (χ4v) is 0.888. The van der Waals surface area contributed by atoms with Gasteiger partial charge >= 0.3 is 5.97 Å². The number of hydrogen-bond acceptors (Lipinski definition) is 4. The number of carbonyl (C=O) groups is 1. The molecule has 1 rings (SSSR count). The number of cyclic esters (lactones) is 1. The highest BCUT2D eigenvalue weighted by atomic mass is 16.7. The molecule has 1 heterocycles. The predicted molar refractivity (Wildman–Crippen MR) is 36.9 cm³/mol. The van der Waals surface area contributed by atoms with Gasteiger partial charge in [0.2, 0.25) is 0 Å². The maximum Gasteiger partial charge on any atom is 0.335 e. The summed E-state index contributed by atoms with van der Waals surface area (Å²) in [4.78, 5) is 10.8. The van der Waals surface area contributed by atoms with Gasteiger partial charge in [-0.15, -0.1) is 0 Å². The van der Waals surface area contributed by atoms with Crippen LogP contribution in [-0.2, 0) is 19.0 Å². The fraction of sp³-hybridized carbons (Fsp3) is 0.857. The molecule has 4 heteroatoms. The normalized spacial score (nSPS) is 26.7. The molecular weight excluding hydrogens is 148 g/mol. The maximum atomic E-state index is 10.8. The van der Waals surface area contributed by atoms with E-state index in [1.54, 1.807) is 6.92 Å². The fourth-order valence-electron chi connectivity index (χ4n) is 0.888. The van der Waals surface area contributed by atoms with E-state index in [1.807, 2.05) is 0 Å². The van der Waals surface area contributed by atoms with Crippen LogP contribution in [0.4, 0.5) is 0 Å². The zero-order chi connectivity index (χ0) is 8.27. The molecule has 0 aromatic rings. The van der Waals surface area contributed by atoms with Crippen LogP contribution in [0.1, 0.15) is 13.3 Å². The van der Waals surface area contributed by atoms with Crippen molar-refractivity contribution in [3.05, 3.63) is 0 Å². The van der Waals surface area contributed by atoms with Crippen molar-refractivity contribution in [2.75, 3.05) is 13.7 Å². The van der Waals surface area contributed by atoms with Crippen LogP contribution in [0.15, 0.2) is 0 Å². The largest absolute Gasteiger partial charge is 0.464 e. The van der Waals surface area contributed by atoms with Crippen LogP contribution in [0.2, 0.25) is 0 Å². The van der Waals surface area contributed by atoms with Gasteiger partial charge < -0.3 is 14.2 Å². The number of carbonyl (C=O) groups excluding carboxylic acids is 1. The van der Waals surface area contributed by atoms with Crippen molar-refractivity contribution in [2.24, 2.45) is 0 Å². The highest BCUT2D eigenvalue weighted by Crippen LogP contribution is 2.12. The van der Waals surface area contributed by atoms with E-state index in [4.69, 9.17) is 14.2 Å². The molecule has 0 aliphatic carbocycles. The molecule has 2 unspecified atom stereocenters. The molecule has 0 aromatic heterocycles. The minimum absolute atomic E-state index is 0.283. The average molecular weight is 160 g/mol. The summed E-state index contributed by atoms with van der Waals surface area (Å²) in [5, 5.41) is 0. The molecule has 0 saturated carbocycles. The Kier molecular flexibility index (Phi) is 2.84.